The predicted octanol–water partition coefficient (Wildman–Crippen LogP) is 0.194. The van der Waals surface area contributed by atoms with E-state index in [-0.39, 0.29) is 17.9 Å². The number of carbonyl (C=O) groups excluding carboxylic acids is 2. The van der Waals surface area contributed by atoms with Crippen LogP contribution >= 0.6 is 0 Å². The van der Waals surface area contributed by atoms with Crippen molar-refractivity contribution in [2.45, 2.75) is 50.6 Å². The van der Waals surface area contributed by atoms with Gasteiger partial charge in [0.1, 0.15) is 5.54 Å². The molecule has 0 radical (unpaired) electrons. The van der Waals surface area contributed by atoms with E-state index in [2.05, 4.69) is 21.2 Å². The molecular formula is C20H33N5O3. The number of nitriles is 1. The van der Waals surface area contributed by atoms with Crippen LogP contribution in [0.3, 0.4) is 0 Å². The van der Waals surface area contributed by atoms with Crippen molar-refractivity contribution in [3.63, 3.8) is 0 Å². The van der Waals surface area contributed by atoms with Crippen molar-refractivity contribution in [1.82, 2.24) is 20.0 Å². The Balaban J connectivity index is 1.45. The van der Waals surface area contributed by atoms with Gasteiger partial charge < -0.3 is 15.0 Å². The molecule has 8 heteroatoms. The van der Waals surface area contributed by atoms with Crippen molar-refractivity contribution in [3.05, 3.63) is 0 Å². The minimum Gasteiger partial charge on any atom is -0.379 e. The van der Waals surface area contributed by atoms with E-state index < -0.39 is 5.54 Å². The largest absolute Gasteiger partial charge is 0.379 e. The van der Waals surface area contributed by atoms with Crippen LogP contribution in [0.1, 0.15) is 39.0 Å². The van der Waals surface area contributed by atoms with Crippen LogP contribution in [0.4, 0.5) is 0 Å². The van der Waals surface area contributed by atoms with Crippen LogP contribution in [-0.4, -0.2) is 97.1 Å². The molecule has 28 heavy (non-hydrogen) atoms. The second-order valence-electron chi connectivity index (χ2n) is 8.23. The summed E-state index contributed by atoms with van der Waals surface area (Å²) in [6.45, 7) is 8.00. The fraction of sp³-hybridized carbons (Fsp3) is 0.850. The maximum Gasteiger partial charge on any atom is 0.238 e. The lowest BCUT2D eigenvalue weighted by atomic mass is 9.82. The van der Waals surface area contributed by atoms with E-state index in [1.165, 1.54) is 0 Å². The summed E-state index contributed by atoms with van der Waals surface area (Å²) in [7, 11) is 0. The monoisotopic (exact) mass is 391 g/mol. The van der Waals surface area contributed by atoms with E-state index in [0.717, 1.165) is 45.2 Å². The SMILES string of the molecule is C[C@@H](C(=O)NC1(C#N)CCCCC1)N1CCN(C(=O)CN2CCOCC2)CC1. The Bertz CT molecular complexity index is 585. The molecule has 2 aliphatic heterocycles. The van der Waals surface area contributed by atoms with Gasteiger partial charge >= 0.3 is 0 Å². The minimum atomic E-state index is -0.695. The van der Waals surface area contributed by atoms with E-state index in [9.17, 15) is 14.9 Å². The van der Waals surface area contributed by atoms with Gasteiger partial charge in [-0.1, -0.05) is 19.3 Å². The fourth-order valence-electron chi connectivity index (χ4n) is 4.34. The lowest BCUT2D eigenvalue weighted by Gasteiger charge is -2.39. The third-order valence-electron chi connectivity index (χ3n) is 6.34. The standard InChI is InChI=1S/C20H33N5O3/c1-17(19(27)22-20(16-21)5-3-2-4-6-20)24-7-9-25(10-8-24)18(26)15-23-11-13-28-14-12-23/h17H,2-15H2,1H3,(H,22,27)/t17-/m0/s1. The van der Waals surface area contributed by atoms with Crippen LogP contribution in [0.2, 0.25) is 0 Å². The molecule has 0 aromatic carbocycles. The van der Waals surface area contributed by atoms with Crippen molar-refractivity contribution < 1.29 is 14.3 Å². The number of hydrogen-bond donors (Lipinski definition) is 1. The second-order valence-corrected chi connectivity index (χ2v) is 8.23. The molecule has 0 bridgehead atoms. The van der Waals surface area contributed by atoms with Gasteiger partial charge in [0.25, 0.3) is 0 Å². The molecule has 0 unspecified atom stereocenters. The summed E-state index contributed by atoms with van der Waals surface area (Å²) in [6.07, 6.45) is 4.60. The molecular weight excluding hydrogens is 358 g/mol. The maximum atomic E-state index is 12.7. The van der Waals surface area contributed by atoms with Gasteiger partial charge in [-0.2, -0.15) is 5.26 Å². The molecule has 3 rings (SSSR count). The number of nitrogens with zero attached hydrogens (tertiary/aromatic N) is 4. The van der Waals surface area contributed by atoms with Crippen LogP contribution < -0.4 is 5.32 Å². The second kappa shape index (κ2) is 9.68. The van der Waals surface area contributed by atoms with E-state index in [0.29, 0.717) is 45.9 Å². The van der Waals surface area contributed by atoms with Crippen LogP contribution in [0.5, 0.6) is 0 Å². The van der Waals surface area contributed by atoms with Gasteiger partial charge in [0.15, 0.2) is 0 Å². The molecule has 3 aliphatic rings. The molecule has 3 fully saturated rings. The van der Waals surface area contributed by atoms with Crippen LogP contribution in [-0.2, 0) is 14.3 Å². The average molecular weight is 392 g/mol. The van der Waals surface area contributed by atoms with Gasteiger partial charge in [0, 0.05) is 39.3 Å². The van der Waals surface area contributed by atoms with Gasteiger partial charge in [-0.15, -0.1) is 0 Å². The zero-order valence-electron chi connectivity index (χ0n) is 17.0. The van der Waals surface area contributed by atoms with E-state index in [1.54, 1.807) is 0 Å². The first-order valence-electron chi connectivity index (χ1n) is 10.6. The van der Waals surface area contributed by atoms with Crippen LogP contribution in [0.15, 0.2) is 0 Å². The molecule has 2 heterocycles. The van der Waals surface area contributed by atoms with Gasteiger partial charge in [-0.3, -0.25) is 19.4 Å². The summed E-state index contributed by atoms with van der Waals surface area (Å²) in [5.74, 6) is 0.0841. The summed E-state index contributed by atoms with van der Waals surface area (Å²) in [4.78, 5) is 31.4. The number of ether oxygens (including phenoxy) is 1. The van der Waals surface area contributed by atoms with E-state index in [4.69, 9.17) is 4.74 Å². The Morgan fingerprint density at radius 3 is 2.32 bits per heavy atom. The van der Waals surface area contributed by atoms with E-state index in [1.807, 2.05) is 11.8 Å². The zero-order valence-corrected chi connectivity index (χ0v) is 17.0. The Labute approximate surface area is 167 Å². The van der Waals surface area contributed by atoms with Crippen molar-refractivity contribution in [3.8, 4) is 6.07 Å². The number of nitrogens with one attached hydrogen (secondary N) is 1. The molecule has 2 saturated heterocycles. The number of piperazine rings is 1. The minimum absolute atomic E-state index is 0.0726. The number of morpholine rings is 1. The Hall–Kier alpha value is -1.69. The summed E-state index contributed by atoms with van der Waals surface area (Å²) >= 11 is 0. The fourth-order valence-corrected chi connectivity index (χ4v) is 4.34. The summed E-state index contributed by atoms with van der Waals surface area (Å²) in [5, 5.41) is 12.6. The van der Waals surface area contributed by atoms with Gasteiger partial charge in [0.2, 0.25) is 11.8 Å². The van der Waals surface area contributed by atoms with E-state index >= 15 is 0 Å². The van der Waals surface area contributed by atoms with Crippen molar-refractivity contribution in [2.75, 3.05) is 59.0 Å². The molecule has 1 saturated carbocycles. The highest BCUT2D eigenvalue weighted by Crippen LogP contribution is 2.27. The first-order chi connectivity index (χ1) is 13.5. The molecule has 8 nitrogen and oxygen atoms in total. The topological polar surface area (TPSA) is 88.9 Å². The molecule has 0 aromatic heterocycles. The number of amides is 2. The maximum absolute atomic E-state index is 12.7. The molecule has 156 valence electrons. The van der Waals surface area contributed by atoms with Crippen molar-refractivity contribution in [1.29, 1.82) is 5.26 Å². The number of carbonyl (C=O) groups is 2. The normalized spacial score (nSPS) is 24.9. The lowest BCUT2D eigenvalue weighted by Crippen LogP contribution is -2.59. The van der Waals surface area contributed by atoms with Crippen LogP contribution in [0.25, 0.3) is 0 Å². The third kappa shape index (κ3) is 5.22. The smallest absolute Gasteiger partial charge is 0.238 e. The lowest BCUT2D eigenvalue weighted by molar-refractivity contribution is -0.136. The summed E-state index contributed by atoms with van der Waals surface area (Å²) in [6, 6.07) is 2.06. The Morgan fingerprint density at radius 2 is 1.71 bits per heavy atom. The Morgan fingerprint density at radius 1 is 1.07 bits per heavy atom. The molecule has 0 spiro atoms. The average Bonchev–Trinajstić information content (AvgIpc) is 2.74. The Kier molecular flexibility index (Phi) is 7.27. The van der Waals surface area contributed by atoms with Gasteiger partial charge in [-0.25, -0.2) is 0 Å². The predicted molar refractivity (Wildman–Crippen MR) is 104 cm³/mol. The number of rotatable bonds is 5. The third-order valence-corrected chi connectivity index (χ3v) is 6.34. The molecule has 2 amide bonds. The van der Waals surface area contributed by atoms with Gasteiger partial charge in [0.05, 0.1) is 31.9 Å². The highest BCUT2D eigenvalue weighted by Gasteiger charge is 2.36. The molecule has 1 atom stereocenters. The molecule has 0 aromatic rings. The van der Waals surface area contributed by atoms with Crippen molar-refractivity contribution >= 4 is 11.8 Å². The zero-order chi connectivity index (χ0) is 20.0. The summed E-state index contributed by atoms with van der Waals surface area (Å²) < 4.78 is 5.33. The molecule has 1 N–H and O–H groups in total. The number of hydrogen-bond acceptors (Lipinski definition) is 6. The quantitative estimate of drug-likeness (QED) is 0.720. The highest BCUT2D eigenvalue weighted by molar-refractivity contribution is 5.82. The molecule has 1 aliphatic carbocycles. The first-order valence-corrected chi connectivity index (χ1v) is 10.6. The van der Waals surface area contributed by atoms with Gasteiger partial charge in [-0.05, 0) is 19.8 Å². The van der Waals surface area contributed by atoms with Crippen LogP contribution in [0, 0.1) is 11.3 Å². The highest BCUT2D eigenvalue weighted by atomic mass is 16.5. The van der Waals surface area contributed by atoms with Crippen molar-refractivity contribution in [2.24, 2.45) is 0 Å². The summed E-state index contributed by atoms with van der Waals surface area (Å²) in [5.41, 5.74) is -0.695. The first kappa shape index (κ1) is 21.0.